The molecule has 9 heteroatoms. The van der Waals surface area contributed by atoms with Gasteiger partial charge in [0.25, 0.3) is 0 Å². The summed E-state index contributed by atoms with van der Waals surface area (Å²) in [4.78, 5) is 33.1. The molecule has 8 nitrogen and oxygen atoms in total. The number of alkyl halides is 1. The minimum Gasteiger partial charge on any atom is -0.463 e. The van der Waals surface area contributed by atoms with Crippen LogP contribution in [0.15, 0.2) is 0 Å². The first-order chi connectivity index (χ1) is 10.3. The molecule has 0 N–H and O–H groups in total. The second-order valence-corrected chi connectivity index (χ2v) is 4.67. The lowest BCUT2D eigenvalue weighted by molar-refractivity contribution is -0.290. The van der Waals surface area contributed by atoms with Crippen LogP contribution < -0.4 is 0 Å². The van der Waals surface area contributed by atoms with Crippen LogP contribution >= 0.6 is 0 Å². The van der Waals surface area contributed by atoms with Gasteiger partial charge in [0.15, 0.2) is 24.7 Å². The van der Waals surface area contributed by atoms with Crippen LogP contribution in [-0.4, -0.2) is 62.4 Å². The third-order valence-electron chi connectivity index (χ3n) is 2.86. The van der Waals surface area contributed by atoms with Crippen molar-refractivity contribution in [2.75, 3.05) is 13.7 Å². The highest BCUT2D eigenvalue weighted by Gasteiger charge is 2.51. The van der Waals surface area contributed by atoms with Crippen LogP contribution in [0.1, 0.15) is 20.8 Å². The molecule has 0 aromatic rings. The van der Waals surface area contributed by atoms with E-state index in [-0.39, 0.29) is 6.61 Å². The predicted octanol–water partition coefficient (Wildman–Crippen LogP) is 0.122. The molecule has 0 saturated carbocycles. The van der Waals surface area contributed by atoms with E-state index < -0.39 is 48.7 Å². The largest absolute Gasteiger partial charge is 0.463 e. The molecule has 0 bridgehead atoms. The molecule has 0 spiro atoms. The molecule has 0 aliphatic carbocycles. The quantitative estimate of drug-likeness (QED) is 0.520. The highest BCUT2D eigenvalue weighted by molar-refractivity contribution is 5.67. The Morgan fingerprint density at radius 3 is 2.00 bits per heavy atom. The van der Waals surface area contributed by atoms with Gasteiger partial charge in [0.2, 0.25) is 0 Å². The summed E-state index contributed by atoms with van der Waals surface area (Å²) in [6, 6.07) is 0. The molecule has 22 heavy (non-hydrogen) atoms. The van der Waals surface area contributed by atoms with Gasteiger partial charge in [0.05, 0.1) is 0 Å². The first-order valence-electron chi connectivity index (χ1n) is 6.56. The summed E-state index contributed by atoms with van der Waals surface area (Å²) >= 11 is 0. The Balaban J connectivity index is 2.95. The Hall–Kier alpha value is -1.74. The standard InChI is InChI=1S/C13H19FO8/c1-6(15)19-5-9-10(14)11(20-7(2)16)12(21-8(3)17)13(18-4)22-9/h9-13H,5H2,1-4H3/t9-,10+,11+,12+,13+/m1/s1. The number of rotatable bonds is 5. The number of halogens is 1. The van der Waals surface area contributed by atoms with Gasteiger partial charge in [-0.2, -0.15) is 0 Å². The Morgan fingerprint density at radius 2 is 1.55 bits per heavy atom. The van der Waals surface area contributed by atoms with Crippen molar-refractivity contribution < 1.29 is 42.5 Å². The number of hydrogen-bond acceptors (Lipinski definition) is 8. The molecular weight excluding hydrogens is 303 g/mol. The van der Waals surface area contributed by atoms with Crippen LogP contribution in [0, 0.1) is 0 Å². The van der Waals surface area contributed by atoms with Gasteiger partial charge < -0.3 is 23.7 Å². The van der Waals surface area contributed by atoms with Gasteiger partial charge in [-0.1, -0.05) is 0 Å². The maximum absolute atomic E-state index is 14.5. The topological polar surface area (TPSA) is 97.4 Å². The summed E-state index contributed by atoms with van der Waals surface area (Å²) in [5.41, 5.74) is 0. The van der Waals surface area contributed by atoms with Crippen molar-refractivity contribution in [2.24, 2.45) is 0 Å². The van der Waals surface area contributed by atoms with Gasteiger partial charge in [0, 0.05) is 27.9 Å². The maximum atomic E-state index is 14.5. The Morgan fingerprint density at radius 1 is 1.00 bits per heavy atom. The maximum Gasteiger partial charge on any atom is 0.303 e. The fourth-order valence-corrected chi connectivity index (χ4v) is 2.03. The van der Waals surface area contributed by atoms with Gasteiger partial charge in [-0.25, -0.2) is 4.39 Å². The van der Waals surface area contributed by atoms with Gasteiger partial charge in [-0.05, 0) is 0 Å². The summed E-state index contributed by atoms with van der Waals surface area (Å²) in [6.07, 6.45) is -6.94. The van der Waals surface area contributed by atoms with Crippen molar-refractivity contribution >= 4 is 17.9 Å². The van der Waals surface area contributed by atoms with Crippen LogP contribution in [-0.2, 0) is 38.1 Å². The normalized spacial score (nSPS) is 31.2. The SMILES string of the molecule is CO[C@H]1O[C@H](COC(C)=O)[C@H](F)[C@H](OC(C)=O)[C@@H]1OC(C)=O. The Labute approximate surface area is 126 Å². The summed E-state index contributed by atoms with van der Waals surface area (Å²) < 4.78 is 39.3. The lowest BCUT2D eigenvalue weighted by atomic mass is 10.00. The summed E-state index contributed by atoms with van der Waals surface area (Å²) in [7, 11) is 1.26. The molecule has 1 rings (SSSR count). The third-order valence-corrected chi connectivity index (χ3v) is 2.86. The molecule has 1 fully saturated rings. The van der Waals surface area contributed by atoms with Crippen molar-refractivity contribution in [3.05, 3.63) is 0 Å². The smallest absolute Gasteiger partial charge is 0.303 e. The number of methoxy groups -OCH3 is 1. The minimum atomic E-state index is -1.86. The van der Waals surface area contributed by atoms with Gasteiger partial charge in [-0.3, -0.25) is 14.4 Å². The molecule has 0 amide bonds. The second kappa shape index (κ2) is 8.04. The van der Waals surface area contributed by atoms with E-state index in [1.54, 1.807) is 0 Å². The molecule has 0 aromatic heterocycles. The zero-order valence-corrected chi connectivity index (χ0v) is 12.7. The Kier molecular flexibility index (Phi) is 6.69. The van der Waals surface area contributed by atoms with Gasteiger partial charge in [-0.15, -0.1) is 0 Å². The fraction of sp³-hybridized carbons (Fsp3) is 0.769. The molecule has 5 atom stereocenters. The van der Waals surface area contributed by atoms with Crippen LogP contribution in [0.3, 0.4) is 0 Å². The lowest BCUT2D eigenvalue weighted by Gasteiger charge is -2.41. The summed E-state index contributed by atoms with van der Waals surface area (Å²) in [5.74, 6) is -2.08. The highest BCUT2D eigenvalue weighted by Crippen LogP contribution is 2.29. The fourth-order valence-electron chi connectivity index (χ4n) is 2.03. The molecule has 1 aliphatic heterocycles. The number of carbonyl (C=O) groups excluding carboxylic acids is 3. The van der Waals surface area contributed by atoms with E-state index in [1.807, 2.05) is 0 Å². The van der Waals surface area contributed by atoms with E-state index in [0.29, 0.717) is 0 Å². The summed E-state index contributed by atoms with van der Waals surface area (Å²) in [5, 5.41) is 0. The zero-order chi connectivity index (χ0) is 16.9. The molecule has 1 aliphatic rings. The Bertz CT molecular complexity index is 426. The average Bonchev–Trinajstić information content (AvgIpc) is 2.41. The van der Waals surface area contributed by atoms with E-state index >= 15 is 0 Å². The lowest BCUT2D eigenvalue weighted by Crippen LogP contribution is -2.60. The van der Waals surface area contributed by atoms with Crippen molar-refractivity contribution in [1.29, 1.82) is 0 Å². The van der Waals surface area contributed by atoms with Crippen molar-refractivity contribution in [1.82, 2.24) is 0 Å². The molecule has 126 valence electrons. The van der Waals surface area contributed by atoms with E-state index in [2.05, 4.69) is 0 Å². The van der Waals surface area contributed by atoms with Gasteiger partial charge in [0.1, 0.15) is 12.7 Å². The number of hydrogen-bond donors (Lipinski definition) is 0. The van der Waals surface area contributed by atoms with Gasteiger partial charge >= 0.3 is 17.9 Å². The van der Waals surface area contributed by atoms with Crippen molar-refractivity contribution in [3.63, 3.8) is 0 Å². The molecule has 0 radical (unpaired) electrons. The van der Waals surface area contributed by atoms with Crippen molar-refractivity contribution in [3.8, 4) is 0 Å². The molecule has 1 heterocycles. The van der Waals surface area contributed by atoms with Crippen LogP contribution in [0.2, 0.25) is 0 Å². The molecular formula is C13H19FO8. The van der Waals surface area contributed by atoms with Crippen molar-refractivity contribution in [2.45, 2.75) is 51.5 Å². The first-order valence-corrected chi connectivity index (χ1v) is 6.56. The number of esters is 3. The van der Waals surface area contributed by atoms with Crippen LogP contribution in [0.25, 0.3) is 0 Å². The first kappa shape index (κ1) is 18.3. The predicted molar refractivity (Wildman–Crippen MR) is 68.3 cm³/mol. The zero-order valence-electron chi connectivity index (χ0n) is 12.7. The van der Waals surface area contributed by atoms with E-state index in [0.717, 1.165) is 20.8 Å². The van der Waals surface area contributed by atoms with Crippen LogP contribution in [0.4, 0.5) is 4.39 Å². The van der Waals surface area contributed by atoms with E-state index in [1.165, 1.54) is 7.11 Å². The van der Waals surface area contributed by atoms with Crippen LogP contribution in [0.5, 0.6) is 0 Å². The second-order valence-electron chi connectivity index (χ2n) is 4.67. The highest BCUT2D eigenvalue weighted by atomic mass is 19.1. The third kappa shape index (κ3) is 4.92. The molecule has 0 aromatic carbocycles. The number of ether oxygens (including phenoxy) is 5. The number of carbonyl (C=O) groups is 3. The monoisotopic (exact) mass is 322 g/mol. The van der Waals surface area contributed by atoms with E-state index in [4.69, 9.17) is 23.7 Å². The van der Waals surface area contributed by atoms with E-state index in [9.17, 15) is 18.8 Å². The average molecular weight is 322 g/mol. The minimum absolute atomic E-state index is 0.388. The summed E-state index contributed by atoms with van der Waals surface area (Å²) in [6.45, 7) is 2.99. The molecule has 1 saturated heterocycles. The molecule has 0 unspecified atom stereocenters.